The van der Waals surface area contributed by atoms with Gasteiger partial charge >= 0.3 is 7.82 Å². The normalized spacial score (nSPS) is 15.2. The molecule has 6 heteroatoms. The number of phosphoric ester groups is 1. The van der Waals surface area contributed by atoms with Crippen molar-refractivity contribution < 1.29 is 18.5 Å². The Kier molecular flexibility index (Phi) is 5.59. The van der Waals surface area contributed by atoms with Gasteiger partial charge in [0.25, 0.3) is 0 Å². The molecule has 0 saturated heterocycles. The highest BCUT2D eigenvalue weighted by Crippen LogP contribution is 2.45. The topological polar surface area (TPSA) is 55.8 Å². The van der Waals surface area contributed by atoms with Crippen molar-refractivity contribution in [2.75, 3.05) is 6.61 Å². The van der Waals surface area contributed by atoms with E-state index in [1.807, 2.05) is 6.92 Å². The summed E-state index contributed by atoms with van der Waals surface area (Å²) in [6.45, 7) is 5.21. The number of hydrogen-bond donors (Lipinski definition) is 1. The van der Waals surface area contributed by atoms with Gasteiger partial charge in [0.2, 0.25) is 0 Å². The lowest BCUT2D eigenvalue weighted by Crippen LogP contribution is -1.94. The molecule has 4 nitrogen and oxygen atoms in total. The third kappa shape index (κ3) is 6.68. The highest BCUT2D eigenvalue weighted by Gasteiger charge is 2.22. The number of phosphoric acid groups is 1. The van der Waals surface area contributed by atoms with Crippen molar-refractivity contribution in [1.29, 1.82) is 0 Å². The fourth-order valence-electron chi connectivity index (χ4n) is 0.476. The lowest BCUT2D eigenvalue weighted by molar-refractivity contribution is 0.182. The zero-order valence-electron chi connectivity index (χ0n) is 6.83. The van der Waals surface area contributed by atoms with E-state index in [4.69, 9.17) is 16.5 Å². The lowest BCUT2D eigenvalue weighted by Gasteiger charge is -2.10. The molecule has 0 aromatic heterocycles. The van der Waals surface area contributed by atoms with E-state index in [0.717, 1.165) is 6.42 Å². The first-order valence-electron chi connectivity index (χ1n) is 3.49. The van der Waals surface area contributed by atoms with Crippen LogP contribution in [0.4, 0.5) is 0 Å². The van der Waals surface area contributed by atoms with Crippen LogP contribution in [0.3, 0.4) is 0 Å². The summed E-state index contributed by atoms with van der Waals surface area (Å²) in [6.07, 6.45) is 1.57. The molecule has 72 valence electrons. The zero-order valence-corrected chi connectivity index (χ0v) is 8.48. The Labute approximate surface area is 76.7 Å². The van der Waals surface area contributed by atoms with Gasteiger partial charge in [0.05, 0.1) is 6.61 Å². The third-order valence-electron chi connectivity index (χ3n) is 0.967. The van der Waals surface area contributed by atoms with Crippen LogP contribution in [-0.2, 0) is 13.6 Å². The number of halogens is 1. The van der Waals surface area contributed by atoms with Crippen LogP contribution in [-0.4, -0.2) is 11.5 Å². The second kappa shape index (κ2) is 5.60. The Morgan fingerprint density at radius 2 is 2.33 bits per heavy atom. The summed E-state index contributed by atoms with van der Waals surface area (Å²) in [5.41, 5.74) is 0. The highest BCUT2D eigenvalue weighted by atomic mass is 35.5. The molecular weight excluding hydrogens is 202 g/mol. The van der Waals surface area contributed by atoms with Crippen molar-refractivity contribution in [2.45, 2.75) is 19.8 Å². The maximum atomic E-state index is 10.9. The van der Waals surface area contributed by atoms with Crippen molar-refractivity contribution in [3.63, 3.8) is 0 Å². The van der Waals surface area contributed by atoms with Gasteiger partial charge in [0.1, 0.15) is 0 Å². The molecule has 0 aromatic carbocycles. The molecule has 0 heterocycles. The molecule has 1 N–H and O–H groups in total. The van der Waals surface area contributed by atoms with E-state index in [1.54, 1.807) is 0 Å². The van der Waals surface area contributed by atoms with E-state index in [0.29, 0.717) is 6.42 Å². The molecule has 0 spiro atoms. The van der Waals surface area contributed by atoms with E-state index in [-0.39, 0.29) is 11.8 Å². The predicted molar refractivity (Wildman–Crippen MR) is 46.8 cm³/mol. The maximum Gasteiger partial charge on any atom is 0.528 e. The van der Waals surface area contributed by atoms with Gasteiger partial charge in [-0.25, -0.2) is 4.57 Å². The Hall–Kier alpha value is -0.0200. The quantitative estimate of drug-likeness (QED) is 0.420. The van der Waals surface area contributed by atoms with Crippen LogP contribution in [0.5, 0.6) is 0 Å². The molecular formula is C6H12ClO4P. The Morgan fingerprint density at radius 1 is 1.75 bits per heavy atom. The smallest absolute Gasteiger partial charge is 0.393 e. The van der Waals surface area contributed by atoms with Crippen molar-refractivity contribution in [2.24, 2.45) is 0 Å². The first-order chi connectivity index (χ1) is 5.48. The maximum absolute atomic E-state index is 10.9. The second-order valence-corrected chi connectivity index (χ2v) is 3.90. The minimum Gasteiger partial charge on any atom is -0.393 e. The molecule has 0 radical (unpaired) electrons. The summed E-state index contributed by atoms with van der Waals surface area (Å²) in [6, 6.07) is 0. The average molecular weight is 215 g/mol. The van der Waals surface area contributed by atoms with E-state index in [9.17, 15) is 4.57 Å². The predicted octanol–water partition coefficient (Wildman–Crippen LogP) is 2.63. The molecule has 0 aliphatic heterocycles. The van der Waals surface area contributed by atoms with Crippen LogP contribution in [0.2, 0.25) is 0 Å². The van der Waals surface area contributed by atoms with E-state index in [1.165, 1.54) is 0 Å². The van der Waals surface area contributed by atoms with E-state index in [2.05, 4.69) is 15.6 Å². The summed E-state index contributed by atoms with van der Waals surface area (Å²) in [5.74, 6) is 0. The average Bonchev–Trinajstić information content (AvgIpc) is 1.84. The van der Waals surface area contributed by atoms with Crippen LogP contribution < -0.4 is 0 Å². The van der Waals surface area contributed by atoms with Crippen molar-refractivity contribution in [1.82, 2.24) is 0 Å². The van der Waals surface area contributed by atoms with Gasteiger partial charge in [0.15, 0.2) is 5.22 Å². The molecule has 1 atom stereocenters. The molecule has 0 aliphatic rings. The van der Waals surface area contributed by atoms with Crippen molar-refractivity contribution >= 4 is 19.4 Å². The molecule has 0 aliphatic carbocycles. The number of hydrogen-bond acceptors (Lipinski definition) is 3. The van der Waals surface area contributed by atoms with Crippen LogP contribution in [0.25, 0.3) is 0 Å². The molecule has 12 heavy (non-hydrogen) atoms. The minimum absolute atomic E-state index is 0.175. The number of unbranched alkanes of at least 4 members (excludes halogenated alkanes) is 1. The Balaban J connectivity index is 3.72. The fraction of sp³-hybridized carbons (Fsp3) is 0.667. The summed E-state index contributed by atoms with van der Waals surface area (Å²) in [4.78, 5) is 8.88. The first-order valence-corrected chi connectivity index (χ1v) is 5.36. The second-order valence-electron chi connectivity index (χ2n) is 2.10. The molecule has 1 unspecified atom stereocenters. The summed E-state index contributed by atoms with van der Waals surface area (Å²) >= 11 is 5.15. The van der Waals surface area contributed by atoms with E-state index < -0.39 is 7.82 Å². The fourth-order valence-corrected chi connectivity index (χ4v) is 1.40. The molecule has 0 saturated carbocycles. The first kappa shape index (κ1) is 12.0. The molecule has 0 bridgehead atoms. The minimum atomic E-state index is -4.01. The highest BCUT2D eigenvalue weighted by molar-refractivity contribution is 7.47. The van der Waals surface area contributed by atoms with Crippen molar-refractivity contribution in [3.05, 3.63) is 11.8 Å². The molecule has 0 rings (SSSR count). The molecule has 0 fully saturated rings. The van der Waals surface area contributed by atoms with Gasteiger partial charge in [0, 0.05) is 0 Å². The summed E-state index contributed by atoms with van der Waals surface area (Å²) in [7, 11) is -4.01. The van der Waals surface area contributed by atoms with E-state index >= 15 is 0 Å². The Bertz CT molecular complexity index is 194. The van der Waals surface area contributed by atoms with Crippen LogP contribution in [0, 0.1) is 0 Å². The van der Waals surface area contributed by atoms with Gasteiger partial charge in [-0.05, 0) is 24.6 Å². The number of rotatable bonds is 6. The van der Waals surface area contributed by atoms with Crippen LogP contribution in [0.15, 0.2) is 11.8 Å². The van der Waals surface area contributed by atoms with Gasteiger partial charge < -0.3 is 4.52 Å². The summed E-state index contributed by atoms with van der Waals surface area (Å²) < 4.78 is 19.6. The molecule has 0 amide bonds. The third-order valence-corrected chi connectivity index (χ3v) is 2.11. The monoisotopic (exact) mass is 214 g/mol. The van der Waals surface area contributed by atoms with Gasteiger partial charge in [-0.3, -0.25) is 9.42 Å². The Morgan fingerprint density at radius 3 is 2.75 bits per heavy atom. The molecule has 0 aromatic rings. The standard InChI is InChI=1S/C6H12ClO4P/c1-3-4-5-10-12(8,9)11-6(2)7/h2-5H2,1H3,(H,8,9). The summed E-state index contributed by atoms with van der Waals surface area (Å²) in [5, 5.41) is -0.350. The van der Waals surface area contributed by atoms with Gasteiger partial charge in [-0.1, -0.05) is 13.3 Å². The van der Waals surface area contributed by atoms with Crippen molar-refractivity contribution in [3.8, 4) is 0 Å². The van der Waals surface area contributed by atoms with Gasteiger partial charge in [-0.15, -0.1) is 0 Å². The zero-order chi connectivity index (χ0) is 9.61. The lowest BCUT2D eigenvalue weighted by atomic mass is 10.4. The SMILES string of the molecule is C=C(Cl)OP(=O)(O)OCCCC. The van der Waals surface area contributed by atoms with Gasteiger partial charge in [-0.2, -0.15) is 0 Å². The van der Waals surface area contributed by atoms with Crippen LogP contribution >= 0.6 is 19.4 Å². The van der Waals surface area contributed by atoms with Crippen LogP contribution in [0.1, 0.15) is 19.8 Å². The largest absolute Gasteiger partial charge is 0.528 e.